The van der Waals surface area contributed by atoms with Crippen LogP contribution in [0.4, 0.5) is 0 Å². The third kappa shape index (κ3) is 3.12. The topological polar surface area (TPSA) is 72.5 Å². The molecule has 0 N–H and O–H groups in total. The number of para-hydroxylation sites is 1. The molecule has 7 nitrogen and oxygen atoms in total. The first-order valence-electron chi connectivity index (χ1n) is 9.40. The van der Waals surface area contributed by atoms with E-state index in [9.17, 15) is 9.59 Å². The summed E-state index contributed by atoms with van der Waals surface area (Å²) in [5.41, 5.74) is 0.705. The number of benzene rings is 1. The van der Waals surface area contributed by atoms with Gasteiger partial charge in [-0.1, -0.05) is 23.9 Å². The second-order valence-electron chi connectivity index (χ2n) is 6.91. The molecule has 0 saturated carbocycles. The Morgan fingerprint density at radius 1 is 1.26 bits per heavy atom. The first-order valence-corrected chi connectivity index (χ1v) is 10.4. The number of hydrogen-bond acceptors (Lipinski definition) is 5. The Balaban J connectivity index is 1.70. The predicted octanol–water partition coefficient (Wildman–Crippen LogP) is 2.56. The van der Waals surface area contributed by atoms with Crippen molar-refractivity contribution in [3.63, 3.8) is 0 Å². The molecule has 142 valence electrons. The van der Waals surface area contributed by atoms with Crippen LogP contribution in [0.25, 0.3) is 16.7 Å². The van der Waals surface area contributed by atoms with Crippen LogP contribution in [0.15, 0.2) is 34.2 Å². The van der Waals surface area contributed by atoms with Gasteiger partial charge in [0.2, 0.25) is 11.7 Å². The van der Waals surface area contributed by atoms with Crippen LogP contribution in [0.3, 0.4) is 0 Å². The zero-order valence-corrected chi connectivity index (χ0v) is 16.4. The van der Waals surface area contributed by atoms with E-state index in [1.165, 1.54) is 18.2 Å². The second-order valence-corrected chi connectivity index (χ2v) is 7.85. The van der Waals surface area contributed by atoms with Crippen LogP contribution in [0.5, 0.6) is 0 Å². The summed E-state index contributed by atoms with van der Waals surface area (Å²) >= 11 is 1.38. The van der Waals surface area contributed by atoms with Crippen molar-refractivity contribution in [1.29, 1.82) is 0 Å². The average molecular weight is 385 g/mol. The van der Waals surface area contributed by atoms with Gasteiger partial charge < -0.3 is 4.90 Å². The number of fused-ring (bicyclic) bond motifs is 3. The van der Waals surface area contributed by atoms with E-state index in [-0.39, 0.29) is 11.5 Å². The van der Waals surface area contributed by atoms with Crippen molar-refractivity contribution in [3.05, 3.63) is 34.6 Å². The molecule has 1 unspecified atom stereocenters. The van der Waals surface area contributed by atoms with Crippen LogP contribution in [0, 0.1) is 0 Å². The zero-order valence-electron chi connectivity index (χ0n) is 15.6. The first kappa shape index (κ1) is 18.0. The highest BCUT2D eigenvalue weighted by Crippen LogP contribution is 2.23. The van der Waals surface area contributed by atoms with Crippen molar-refractivity contribution in [3.8, 4) is 0 Å². The van der Waals surface area contributed by atoms with E-state index >= 15 is 0 Å². The van der Waals surface area contributed by atoms with E-state index in [1.54, 1.807) is 4.57 Å². The highest BCUT2D eigenvalue weighted by atomic mass is 32.2. The summed E-state index contributed by atoms with van der Waals surface area (Å²) in [5.74, 6) is 0.976. The number of aryl methyl sites for hydroxylation is 1. The molecule has 4 rings (SSSR count). The molecule has 0 radical (unpaired) electrons. The van der Waals surface area contributed by atoms with Crippen LogP contribution in [0.1, 0.15) is 33.1 Å². The molecule has 1 saturated heterocycles. The number of thioether (sulfide) groups is 1. The largest absolute Gasteiger partial charge is 0.339 e. The summed E-state index contributed by atoms with van der Waals surface area (Å²) in [6.45, 7) is 5.38. The molecule has 8 heteroatoms. The van der Waals surface area contributed by atoms with Crippen molar-refractivity contribution in [1.82, 2.24) is 24.1 Å². The Bertz CT molecular complexity index is 1060. The lowest BCUT2D eigenvalue weighted by molar-refractivity contribution is -0.131. The highest BCUT2D eigenvalue weighted by Gasteiger charge is 2.24. The van der Waals surface area contributed by atoms with Gasteiger partial charge in [0, 0.05) is 19.1 Å². The minimum Gasteiger partial charge on any atom is -0.339 e. The van der Waals surface area contributed by atoms with Crippen LogP contribution in [0.2, 0.25) is 0 Å². The lowest BCUT2D eigenvalue weighted by Gasteiger charge is -2.33. The first-order chi connectivity index (χ1) is 13.1. The van der Waals surface area contributed by atoms with Crippen LogP contribution < -0.4 is 5.56 Å². The smallest absolute Gasteiger partial charge is 0.262 e. The van der Waals surface area contributed by atoms with E-state index in [4.69, 9.17) is 0 Å². The van der Waals surface area contributed by atoms with Gasteiger partial charge in [0.25, 0.3) is 5.56 Å². The van der Waals surface area contributed by atoms with Gasteiger partial charge in [-0.25, -0.2) is 0 Å². The minimum atomic E-state index is -0.0669. The fourth-order valence-corrected chi connectivity index (χ4v) is 4.62. The van der Waals surface area contributed by atoms with Crippen LogP contribution >= 0.6 is 11.8 Å². The summed E-state index contributed by atoms with van der Waals surface area (Å²) < 4.78 is 3.51. The number of aromatic nitrogens is 4. The Morgan fingerprint density at radius 2 is 2.07 bits per heavy atom. The summed E-state index contributed by atoms with van der Waals surface area (Å²) in [4.78, 5) is 27.4. The van der Waals surface area contributed by atoms with E-state index in [2.05, 4.69) is 17.1 Å². The minimum absolute atomic E-state index is 0.0669. The molecule has 3 heterocycles. The maximum Gasteiger partial charge on any atom is 0.262 e. The van der Waals surface area contributed by atoms with Gasteiger partial charge in [0.1, 0.15) is 0 Å². The van der Waals surface area contributed by atoms with Gasteiger partial charge in [-0.05, 0) is 45.2 Å². The lowest BCUT2D eigenvalue weighted by Crippen LogP contribution is -2.42. The van der Waals surface area contributed by atoms with E-state index in [0.29, 0.717) is 34.7 Å². The number of nitrogens with zero attached hydrogens (tertiary/aromatic N) is 5. The van der Waals surface area contributed by atoms with Crippen LogP contribution in [-0.2, 0) is 11.3 Å². The molecule has 0 bridgehead atoms. The molecule has 1 aliphatic heterocycles. The molecular formula is C19H23N5O2S. The molecule has 1 amide bonds. The number of carbonyl (C=O) groups excluding carboxylic acids is 1. The number of carbonyl (C=O) groups is 1. The number of likely N-dealkylation sites (tertiary alicyclic amines) is 1. The normalized spacial score (nSPS) is 17.7. The molecule has 3 aromatic rings. The summed E-state index contributed by atoms with van der Waals surface area (Å²) in [7, 11) is 0. The maximum absolute atomic E-state index is 12.7. The third-order valence-corrected chi connectivity index (χ3v) is 6.16. The van der Waals surface area contributed by atoms with Gasteiger partial charge >= 0.3 is 0 Å². The average Bonchev–Trinajstić information content (AvgIpc) is 3.11. The van der Waals surface area contributed by atoms with Gasteiger partial charge in [-0.3, -0.25) is 18.6 Å². The van der Waals surface area contributed by atoms with Crippen LogP contribution in [-0.4, -0.2) is 48.3 Å². The zero-order chi connectivity index (χ0) is 19.0. The quantitative estimate of drug-likeness (QED) is 0.646. The monoisotopic (exact) mass is 385 g/mol. The van der Waals surface area contributed by atoms with E-state index in [1.807, 2.05) is 40.5 Å². The summed E-state index contributed by atoms with van der Waals surface area (Å²) in [6, 6.07) is 7.76. The SMILES string of the molecule is CCn1c(=O)c2ccccc2n2c(SCC(=O)N3CCCCC3C)nnc12. The Labute approximate surface area is 161 Å². The van der Waals surface area contributed by atoms with Crippen molar-refractivity contribution < 1.29 is 4.79 Å². The van der Waals surface area contributed by atoms with Gasteiger partial charge in [0.05, 0.1) is 16.7 Å². The predicted molar refractivity (Wildman–Crippen MR) is 106 cm³/mol. The van der Waals surface area contributed by atoms with E-state index < -0.39 is 0 Å². The van der Waals surface area contributed by atoms with Gasteiger partial charge in [0.15, 0.2) is 5.16 Å². The molecule has 0 aliphatic carbocycles. The Hall–Kier alpha value is -2.35. The second kappa shape index (κ2) is 7.34. The molecule has 1 atom stereocenters. The Morgan fingerprint density at radius 3 is 2.85 bits per heavy atom. The molecule has 1 fully saturated rings. The standard InChI is InChI=1S/C19H23N5O2S/c1-3-22-17(26)14-9-4-5-10-15(14)24-18(22)20-21-19(24)27-12-16(25)23-11-7-6-8-13(23)2/h4-5,9-10,13H,3,6-8,11-12H2,1-2H3. The van der Waals surface area contributed by atoms with E-state index in [0.717, 1.165) is 24.9 Å². The maximum atomic E-state index is 12.7. The molecule has 1 aromatic carbocycles. The molecule has 2 aromatic heterocycles. The number of hydrogen-bond donors (Lipinski definition) is 0. The summed E-state index contributed by atoms with van der Waals surface area (Å²) in [6.07, 6.45) is 3.33. The third-order valence-electron chi connectivity index (χ3n) is 5.24. The molecular weight excluding hydrogens is 362 g/mol. The van der Waals surface area contributed by atoms with Crippen molar-refractivity contribution in [2.75, 3.05) is 12.3 Å². The van der Waals surface area contributed by atoms with Crippen molar-refractivity contribution in [2.45, 2.75) is 50.9 Å². The van der Waals surface area contributed by atoms with Crippen molar-refractivity contribution in [2.24, 2.45) is 0 Å². The van der Waals surface area contributed by atoms with Crippen molar-refractivity contribution >= 4 is 34.3 Å². The fraction of sp³-hybridized carbons (Fsp3) is 0.474. The molecule has 1 aliphatic rings. The number of amides is 1. The van der Waals surface area contributed by atoms with Gasteiger partial charge in [-0.2, -0.15) is 0 Å². The fourth-order valence-electron chi connectivity index (χ4n) is 3.79. The summed E-state index contributed by atoms with van der Waals surface area (Å²) in [5, 5.41) is 9.78. The Kier molecular flexibility index (Phi) is 4.90. The lowest BCUT2D eigenvalue weighted by atomic mass is 10.0. The molecule has 27 heavy (non-hydrogen) atoms. The van der Waals surface area contributed by atoms with Gasteiger partial charge in [-0.15, -0.1) is 10.2 Å². The number of rotatable bonds is 4. The highest BCUT2D eigenvalue weighted by molar-refractivity contribution is 7.99. The molecule has 0 spiro atoms. The number of piperidine rings is 1.